The molecule has 0 bridgehead atoms. The Hall–Kier alpha value is -1.82. The molecule has 1 atom stereocenters. The zero-order chi connectivity index (χ0) is 16.5. The molecule has 1 saturated heterocycles. The van der Waals surface area contributed by atoms with Gasteiger partial charge in [0.15, 0.2) is 0 Å². The highest BCUT2D eigenvalue weighted by Crippen LogP contribution is 2.22. The van der Waals surface area contributed by atoms with Gasteiger partial charge >= 0.3 is 5.97 Å². The lowest BCUT2D eigenvalue weighted by Crippen LogP contribution is -2.53. The Kier molecular flexibility index (Phi) is 4.60. The lowest BCUT2D eigenvalue weighted by Gasteiger charge is -2.39. The predicted octanol–water partition coefficient (Wildman–Crippen LogP) is 1.99. The number of hydrogen-bond donors (Lipinski definition) is 1. The van der Waals surface area contributed by atoms with Gasteiger partial charge in [-0.25, -0.2) is 9.78 Å². The number of hydroxylamine groups is 2. The summed E-state index contributed by atoms with van der Waals surface area (Å²) >= 11 is 0. The van der Waals surface area contributed by atoms with Crippen LogP contribution in [0.2, 0.25) is 0 Å². The molecule has 1 fully saturated rings. The van der Waals surface area contributed by atoms with Crippen LogP contribution in [0.3, 0.4) is 0 Å². The van der Waals surface area contributed by atoms with Crippen LogP contribution in [0.15, 0.2) is 12.1 Å². The molecule has 1 aromatic heterocycles. The minimum Gasteiger partial charge on any atom is -0.397 e. The van der Waals surface area contributed by atoms with Crippen molar-refractivity contribution >= 4 is 17.5 Å². The van der Waals surface area contributed by atoms with Crippen LogP contribution in [-0.2, 0) is 9.63 Å². The minimum atomic E-state index is -0.494. The monoisotopic (exact) mass is 306 g/mol. The smallest absolute Gasteiger partial charge is 0.330 e. The summed E-state index contributed by atoms with van der Waals surface area (Å²) in [6, 6.07) is 3.93. The van der Waals surface area contributed by atoms with E-state index in [0.29, 0.717) is 12.2 Å². The van der Waals surface area contributed by atoms with Crippen molar-refractivity contribution in [1.29, 1.82) is 0 Å². The molecule has 1 aliphatic heterocycles. The largest absolute Gasteiger partial charge is 0.397 e. The number of nitrogens with two attached hydrogens (primary N) is 1. The Morgan fingerprint density at radius 3 is 2.59 bits per heavy atom. The molecule has 0 spiro atoms. The number of rotatable bonds is 2. The van der Waals surface area contributed by atoms with Crippen LogP contribution in [0, 0.1) is 12.3 Å². The second-order valence-electron chi connectivity index (χ2n) is 6.91. The Morgan fingerprint density at radius 2 is 2.05 bits per heavy atom. The summed E-state index contributed by atoms with van der Waals surface area (Å²) in [5.41, 5.74) is 6.87. The third kappa shape index (κ3) is 3.68. The van der Waals surface area contributed by atoms with Crippen molar-refractivity contribution in [3.63, 3.8) is 0 Å². The molecule has 2 N–H and O–H groups in total. The van der Waals surface area contributed by atoms with Crippen molar-refractivity contribution < 1.29 is 9.63 Å². The van der Waals surface area contributed by atoms with Crippen LogP contribution in [0.25, 0.3) is 0 Å². The summed E-state index contributed by atoms with van der Waals surface area (Å²) in [4.78, 5) is 24.3. The first-order chi connectivity index (χ1) is 10.2. The number of anilines is 2. The molecule has 122 valence electrons. The summed E-state index contributed by atoms with van der Waals surface area (Å²) < 4.78 is 0. The fraction of sp³-hybridized carbons (Fsp3) is 0.625. The average molecular weight is 306 g/mol. The van der Waals surface area contributed by atoms with Gasteiger partial charge in [-0.2, -0.15) is 0 Å². The van der Waals surface area contributed by atoms with E-state index >= 15 is 0 Å². The number of aryl methyl sites for hydroxylation is 1. The molecular formula is C16H26N4O2. The lowest BCUT2D eigenvalue weighted by atomic mass is 9.98. The van der Waals surface area contributed by atoms with Gasteiger partial charge < -0.3 is 15.5 Å². The summed E-state index contributed by atoms with van der Waals surface area (Å²) in [5, 5.41) is 1.77. The highest BCUT2D eigenvalue weighted by Gasteiger charge is 2.31. The molecule has 6 nitrogen and oxygen atoms in total. The van der Waals surface area contributed by atoms with Crippen molar-refractivity contribution in [2.75, 3.05) is 30.3 Å². The van der Waals surface area contributed by atoms with Gasteiger partial charge in [0.1, 0.15) is 5.82 Å². The van der Waals surface area contributed by atoms with Crippen LogP contribution in [-0.4, -0.2) is 41.7 Å². The Labute approximate surface area is 132 Å². The standard InChI is InChI=1S/C16H26N4O2/c1-11-10-19(14-7-6-13(17)12(2)18-14)8-9-20(11)22-15(21)16(3,4)5/h6-7,11H,8-10,17H2,1-5H3/t11-/m0/s1. The molecule has 2 rings (SSSR count). The van der Waals surface area contributed by atoms with E-state index in [1.165, 1.54) is 0 Å². The van der Waals surface area contributed by atoms with Gasteiger partial charge in [-0.05, 0) is 46.8 Å². The van der Waals surface area contributed by atoms with Crippen LogP contribution in [0.5, 0.6) is 0 Å². The molecule has 0 aromatic carbocycles. The van der Waals surface area contributed by atoms with Crippen LogP contribution < -0.4 is 10.6 Å². The second-order valence-corrected chi connectivity index (χ2v) is 6.91. The normalized spacial score (nSPS) is 20.0. The Morgan fingerprint density at radius 1 is 1.36 bits per heavy atom. The quantitative estimate of drug-likeness (QED) is 0.901. The molecule has 22 heavy (non-hydrogen) atoms. The summed E-state index contributed by atoms with van der Waals surface area (Å²) in [5.74, 6) is 0.717. The van der Waals surface area contributed by atoms with E-state index in [1.807, 2.05) is 46.8 Å². The number of carbonyl (C=O) groups excluding carboxylic acids is 1. The highest BCUT2D eigenvalue weighted by molar-refractivity contribution is 5.75. The first-order valence-corrected chi connectivity index (χ1v) is 7.65. The number of pyridine rings is 1. The van der Waals surface area contributed by atoms with Gasteiger partial charge in [-0.15, -0.1) is 5.06 Å². The maximum atomic E-state index is 12.0. The molecule has 0 unspecified atom stereocenters. The number of aromatic nitrogens is 1. The first-order valence-electron chi connectivity index (χ1n) is 7.65. The predicted molar refractivity (Wildman–Crippen MR) is 87.3 cm³/mol. The zero-order valence-corrected chi connectivity index (χ0v) is 14.1. The van der Waals surface area contributed by atoms with Crippen LogP contribution in [0.1, 0.15) is 33.4 Å². The van der Waals surface area contributed by atoms with Crippen molar-refractivity contribution in [1.82, 2.24) is 10.0 Å². The van der Waals surface area contributed by atoms with Gasteiger partial charge in [0.05, 0.1) is 29.4 Å². The van der Waals surface area contributed by atoms with Crippen molar-refractivity contribution in [3.05, 3.63) is 17.8 Å². The third-order valence-corrected chi connectivity index (χ3v) is 3.82. The number of nitrogens with zero attached hydrogens (tertiary/aromatic N) is 3. The third-order valence-electron chi connectivity index (χ3n) is 3.82. The van der Waals surface area contributed by atoms with Gasteiger partial charge in [-0.3, -0.25) is 0 Å². The Balaban J connectivity index is 2.00. The molecule has 1 aromatic rings. The van der Waals surface area contributed by atoms with E-state index in [0.717, 1.165) is 24.6 Å². The average Bonchev–Trinajstić information content (AvgIpc) is 2.43. The summed E-state index contributed by atoms with van der Waals surface area (Å²) in [7, 11) is 0. The number of nitrogen functional groups attached to an aromatic ring is 1. The SMILES string of the molecule is Cc1nc(N2CCN(OC(=O)C(C)(C)C)[C@@H](C)C2)ccc1N. The van der Waals surface area contributed by atoms with Crippen LogP contribution >= 0.6 is 0 Å². The first kappa shape index (κ1) is 16.5. The summed E-state index contributed by atoms with van der Waals surface area (Å²) in [6.07, 6.45) is 0. The van der Waals surface area contributed by atoms with Crippen molar-refractivity contribution in [3.8, 4) is 0 Å². The minimum absolute atomic E-state index is 0.111. The molecule has 0 saturated carbocycles. The van der Waals surface area contributed by atoms with E-state index in [9.17, 15) is 4.79 Å². The summed E-state index contributed by atoms with van der Waals surface area (Å²) in [6.45, 7) is 11.7. The fourth-order valence-corrected chi connectivity index (χ4v) is 2.26. The highest BCUT2D eigenvalue weighted by atomic mass is 16.7. The topological polar surface area (TPSA) is 71.7 Å². The molecule has 6 heteroatoms. The number of carbonyl (C=O) groups is 1. The maximum Gasteiger partial charge on any atom is 0.330 e. The van der Waals surface area contributed by atoms with Crippen molar-refractivity contribution in [2.24, 2.45) is 5.41 Å². The van der Waals surface area contributed by atoms with Crippen LogP contribution in [0.4, 0.5) is 11.5 Å². The van der Waals surface area contributed by atoms with Gasteiger partial charge in [0.2, 0.25) is 0 Å². The molecule has 0 amide bonds. The second kappa shape index (κ2) is 6.12. The van der Waals surface area contributed by atoms with E-state index in [-0.39, 0.29) is 12.0 Å². The molecule has 1 aliphatic rings. The van der Waals surface area contributed by atoms with Gasteiger partial charge in [-0.1, -0.05) is 0 Å². The van der Waals surface area contributed by atoms with E-state index in [2.05, 4.69) is 9.88 Å². The molecular weight excluding hydrogens is 280 g/mol. The zero-order valence-electron chi connectivity index (χ0n) is 14.1. The van der Waals surface area contributed by atoms with E-state index in [1.54, 1.807) is 5.06 Å². The molecule has 0 radical (unpaired) electrons. The number of hydrogen-bond acceptors (Lipinski definition) is 6. The molecule has 2 heterocycles. The maximum absolute atomic E-state index is 12.0. The van der Waals surface area contributed by atoms with Gasteiger partial charge in [0.25, 0.3) is 0 Å². The number of piperazine rings is 1. The molecule has 0 aliphatic carbocycles. The van der Waals surface area contributed by atoms with Crippen molar-refractivity contribution in [2.45, 2.75) is 40.7 Å². The van der Waals surface area contributed by atoms with Gasteiger partial charge in [0, 0.05) is 13.1 Å². The Bertz CT molecular complexity index is 554. The lowest BCUT2D eigenvalue weighted by molar-refractivity contribution is -0.211. The van der Waals surface area contributed by atoms with E-state index in [4.69, 9.17) is 10.6 Å². The fourth-order valence-electron chi connectivity index (χ4n) is 2.26. The van der Waals surface area contributed by atoms with E-state index < -0.39 is 5.41 Å².